The van der Waals surface area contributed by atoms with Crippen molar-refractivity contribution >= 4 is 22.7 Å². The first-order valence-corrected chi connectivity index (χ1v) is 8.09. The van der Waals surface area contributed by atoms with Gasteiger partial charge in [0.05, 0.1) is 35.1 Å². The van der Waals surface area contributed by atoms with E-state index < -0.39 is 17.3 Å². The Kier molecular flexibility index (Phi) is 4.02. The Bertz CT molecular complexity index is 1130. The molecule has 1 aliphatic rings. The quantitative estimate of drug-likeness (QED) is 0.690. The van der Waals surface area contributed by atoms with Gasteiger partial charge in [0.2, 0.25) is 0 Å². The van der Waals surface area contributed by atoms with Crippen LogP contribution in [0.3, 0.4) is 0 Å². The number of alkyl halides is 3. The van der Waals surface area contributed by atoms with Crippen molar-refractivity contribution in [2.75, 3.05) is 11.4 Å². The normalized spacial score (nSPS) is 14.1. The van der Waals surface area contributed by atoms with Gasteiger partial charge in [0, 0.05) is 24.0 Å². The summed E-state index contributed by atoms with van der Waals surface area (Å²) in [6.45, 7) is 0.487. The molecule has 4 rings (SSSR count). The SMILES string of the molecule is O=c1c2c(N3C=CN=CC3)cccc2cnn1-c1cccc(C(F)(F)F)c1. The van der Waals surface area contributed by atoms with Crippen LogP contribution in [-0.4, -0.2) is 22.5 Å². The van der Waals surface area contributed by atoms with Crippen LogP contribution < -0.4 is 10.5 Å². The van der Waals surface area contributed by atoms with Crippen molar-refractivity contribution in [2.45, 2.75) is 6.18 Å². The molecule has 0 aliphatic carbocycles. The van der Waals surface area contributed by atoms with E-state index in [4.69, 9.17) is 0 Å². The Hall–Kier alpha value is -3.42. The van der Waals surface area contributed by atoms with E-state index >= 15 is 0 Å². The van der Waals surface area contributed by atoms with Crippen LogP contribution in [0.5, 0.6) is 0 Å². The number of fused-ring (bicyclic) bond motifs is 1. The van der Waals surface area contributed by atoms with Gasteiger partial charge in [-0.1, -0.05) is 18.2 Å². The molecule has 0 radical (unpaired) electrons. The van der Waals surface area contributed by atoms with Gasteiger partial charge in [0.15, 0.2) is 0 Å². The summed E-state index contributed by atoms with van der Waals surface area (Å²) >= 11 is 0. The van der Waals surface area contributed by atoms with Crippen LogP contribution in [0.4, 0.5) is 18.9 Å². The number of aliphatic imine (C=N–C) groups is 1. The molecule has 3 aromatic rings. The summed E-state index contributed by atoms with van der Waals surface area (Å²) in [5, 5.41) is 5.05. The lowest BCUT2D eigenvalue weighted by Gasteiger charge is -2.21. The molecule has 0 amide bonds. The minimum atomic E-state index is -4.50. The Morgan fingerprint density at radius 3 is 2.63 bits per heavy atom. The Labute approximate surface area is 151 Å². The van der Waals surface area contributed by atoms with Crippen molar-refractivity contribution in [3.05, 3.63) is 77.0 Å². The molecule has 0 N–H and O–H groups in total. The van der Waals surface area contributed by atoms with E-state index in [1.165, 1.54) is 18.3 Å². The molecule has 2 heterocycles. The predicted octanol–water partition coefficient (Wildman–Crippen LogP) is 3.77. The maximum atomic E-state index is 13.1. The molecule has 0 bridgehead atoms. The molecule has 8 heteroatoms. The molecule has 136 valence electrons. The summed E-state index contributed by atoms with van der Waals surface area (Å²) < 4.78 is 40.0. The molecule has 0 saturated carbocycles. The van der Waals surface area contributed by atoms with E-state index in [0.29, 0.717) is 23.0 Å². The van der Waals surface area contributed by atoms with Crippen molar-refractivity contribution < 1.29 is 13.2 Å². The highest BCUT2D eigenvalue weighted by Gasteiger charge is 2.30. The Morgan fingerprint density at radius 1 is 1.07 bits per heavy atom. The summed E-state index contributed by atoms with van der Waals surface area (Å²) in [7, 11) is 0. The van der Waals surface area contributed by atoms with Crippen LogP contribution in [0, 0.1) is 0 Å². The van der Waals surface area contributed by atoms with Gasteiger partial charge < -0.3 is 4.90 Å². The first-order valence-electron chi connectivity index (χ1n) is 8.09. The highest BCUT2D eigenvalue weighted by molar-refractivity contribution is 5.94. The van der Waals surface area contributed by atoms with Gasteiger partial charge >= 0.3 is 6.18 Å². The van der Waals surface area contributed by atoms with Crippen molar-refractivity contribution in [2.24, 2.45) is 4.99 Å². The molecule has 1 aromatic heterocycles. The van der Waals surface area contributed by atoms with Gasteiger partial charge in [-0.15, -0.1) is 0 Å². The zero-order chi connectivity index (χ0) is 19.0. The molecule has 0 fully saturated rings. The number of rotatable bonds is 2. The fraction of sp³-hybridized carbons (Fsp3) is 0.105. The molecule has 0 saturated heterocycles. The fourth-order valence-electron chi connectivity index (χ4n) is 2.97. The summed E-state index contributed by atoms with van der Waals surface area (Å²) in [6.07, 6.45) is 2.02. The van der Waals surface area contributed by atoms with Crippen LogP contribution in [0.15, 0.2) is 70.8 Å². The first-order chi connectivity index (χ1) is 12.9. The number of halogens is 3. The van der Waals surface area contributed by atoms with Gasteiger partial charge in [-0.3, -0.25) is 9.79 Å². The van der Waals surface area contributed by atoms with Gasteiger partial charge in [0.1, 0.15) is 0 Å². The monoisotopic (exact) mass is 370 g/mol. The molecule has 0 unspecified atom stereocenters. The first kappa shape index (κ1) is 17.0. The molecule has 0 spiro atoms. The third kappa shape index (κ3) is 3.10. The van der Waals surface area contributed by atoms with Gasteiger partial charge in [-0.25, -0.2) is 0 Å². The largest absolute Gasteiger partial charge is 0.416 e. The minimum Gasteiger partial charge on any atom is -0.340 e. The number of anilines is 1. The molecule has 5 nitrogen and oxygen atoms in total. The average molecular weight is 370 g/mol. The number of hydrogen-bond donors (Lipinski definition) is 0. The number of benzene rings is 2. The Morgan fingerprint density at radius 2 is 1.89 bits per heavy atom. The van der Waals surface area contributed by atoms with E-state index in [2.05, 4.69) is 10.1 Å². The van der Waals surface area contributed by atoms with Gasteiger partial charge in [-0.2, -0.15) is 23.0 Å². The smallest absolute Gasteiger partial charge is 0.340 e. The highest BCUT2D eigenvalue weighted by Crippen LogP contribution is 2.30. The van der Waals surface area contributed by atoms with Crippen LogP contribution in [0.25, 0.3) is 16.5 Å². The van der Waals surface area contributed by atoms with E-state index in [-0.39, 0.29) is 5.69 Å². The topological polar surface area (TPSA) is 50.5 Å². The summed E-state index contributed by atoms with van der Waals surface area (Å²) in [6, 6.07) is 9.87. The van der Waals surface area contributed by atoms with Crippen molar-refractivity contribution in [1.29, 1.82) is 0 Å². The number of hydrogen-bond acceptors (Lipinski definition) is 4. The molecule has 0 atom stereocenters. The standard InChI is InChI=1S/C19H13F3N4O/c20-19(21,22)14-4-2-5-15(11-14)26-18(27)17-13(12-24-26)3-1-6-16(17)25-9-7-23-8-10-25/h1-9,11-12H,10H2. The molecular weight excluding hydrogens is 357 g/mol. The molecule has 27 heavy (non-hydrogen) atoms. The molecule has 1 aliphatic heterocycles. The second-order valence-electron chi connectivity index (χ2n) is 5.93. The molecule has 2 aromatic carbocycles. The average Bonchev–Trinajstić information content (AvgIpc) is 2.68. The van der Waals surface area contributed by atoms with Crippen LogP contribution in [-0.2, 0) is 6.18 Å². The summed E-state index contributed by atoms with van der Waals surface area (Å²) in [5.74, 6) is 0. The van der Waals surface area contributed by atoms with Crippen LogP contribution in [0.1, 0.15) is 5.56 Å². The van der Waals surface area contributed by atoms with Gasteiger partial charge in [-0.05, 0) is 24.3 Å². The fourth-order valence-corrected chi connectivity index (χ4v) is 2.97. The van der Waals surface area contributed by atoms with E-state index in [1.54, 1.807) is 36.8 Å². The maximum Gasteiger partial charge on any atom is 0.416 e. The predicted molar refractivity (Wildman–Crippen MR) is 97.3 cm³/mol. The van der Waals surface area contributed by atoms with Crippen LogP contribution in [0.2, 0.25) is 0 Å². The van der Waals surface area contributed by atoms with Crippen molar-refractivity contribution in [3.8, 4) is 5.69 Å². The lowest BCUT2D eigenvalue weighted by atomic mass is 10.1. The van der Waals surface area contributed by atoms with E-state index in [1.807, 2.05) is 4.90 Å². The zero-order valence-electron chi connectivity index (χ0n) is 13.9. The third-order valence-electron chi connectivity index (χ3n) is 4.24. The number of aromatic nitrogens is 2. The Balaban J connectivity index is 1.92. The van der Waals surface area contributed by atoms with E-state index in [0.717, 1.165) is 16.8 Å². The van der Waals surface area contributed by atoms with Gasteiger partial charge in [0.25, 0.3) is 5.56 Å². The molecular formula is C19H13F3N4O. The lowest BCUT2D eigenvalue weighted by Crippen LogP contribution is -2.26. The summed E-state index contributed by atoms with van der Waals surface area (Å²) in [4.78, 5) is 18.9. The summed E-state index contributed by atoms with van der Waals surface area (Å²) in [5.41, 5.74) is -0.624. The lowest BCUT2D eigenvalue weighted by molar-refractivity contribution is -0.137. The van der Waals surface area contributed by atoms with Crippen molar-refractivity contribution in [3.63, 3.8) is 0 Å². The zero-order valence-corrected chi connectivity index (χ0v) is 13.9. The van der Waals surface area contributed by atoms with E-state index in [9.17, 15) is 18.0 Å². The van der Waals surface area contributed by atoms with Crippen LogP contribution >= 0.6 is 0 Å². The minimum absolute atomic E-state index is 0.0577. The van der Waals surface area contributed by atoms with Crippen molar-refractivity contribution in [1.82, 2.24) is 9.78 Å². The maximum absolute atomic E-state index is 13.1. The second-order valence-corrected chi connectivity index (χ2v) is 5.93. The highest BCUT2D eigenvalue weighted by atomic mass is 19.4. The number of nitrogens with zero attached hydrogens (tertiary/aromatic N) is 4. The third-order valence-corrected chi connectivity index (χ3v) is 4.24. The second kappa shape index (κ2) is 6.39.